The standard InChI is InChI=1S/C19H14F3NO3S2/c1-25-14-6-7-15(26-2)11(8-14)9-16-17(24)23(18(27)28-16)13-5-3-4-12(10-13)19(20,21)22/h3-10H,1-2H3. The highest BCUT2D eigenvalue weighted by atomic mass is 32.2. The minimum absolute atomic E-state index is 0.0679. The average molecular weight is 425 g/mol. The minimum Gasteiger partial charge on any atom is -0.497 e. The summed E-state index contributed by atoms with van der Waals surface area (Å²) in [4.78, 5) is 14.2. The van der Waals surface area contributed by atoms with Crippen LogP contribution in [0.4, 0.5) is 18.9 Å². The van der Waals surface area contributed by atoms with Crippen LogP contribution in [0, 0.1) is 0 Å². The molecule has 0 saturated carbocycles. The number of thiocarbonyl (C=S) groups is 1. The van der Waals surface area contributed by atoms with Crippen molar-refractivity contribution in [1.82, 2.24) is 0 Å². The van der Waals surface area contributed by atoms with Gasteiger partial charge < -0.3 is 9.47 Å². The van der Waals surface area contributed by atoms with Crippen LogP contribution < -0.4 is 14.4 Å². The first-order valence-corrected chi connectivity index (χ1v) is 9.14. The SMILES string of the molecule is COc1ccc(OC)c(C=C2SC(=S)N(c3cccc(C(F)(F)F)c3)C2=O)c1. The minimum atomic E-state index is -4.51. The Labute approximate surface area is 168 Å². The van der Waals surface area contributed by atoms with Crippen LogP contribution in [0.2, 0.25) is 0 Å². The van der Waals surface area contributed by atoms with Gasteiger partial charge in [-0.15, -0.1) is 0 Å². The Bertz CT molecular complexity index is 973. The molecule has 0 aromatic heterocycles. The lowest BCUT2D eigenvalue weighted by Crippen LogP contribution is -2.27. The van der Waals surface area contributed by atoms with Gasteiger partial charge in [-0.3, -0.25) is 9.69 Å². The zero-order valence-electron chi connectivity index (χ0n) is 14.7. The number of hydrogen-bond acceptors (Lipinski definition) is 5. The molecule has 146 valence electrons. The van der Waals surface area contributed by atoms with Crippen molar-refractivity contribution in [2.45, 2.75) is 6.18 Å². The van der Waals surface area contributed by atoms with Crippen molar-refractivity contribution in [3.8, 4) is 11.5 Å². The number of anilines is 1. The summed E-state index contributed by atoms with van der Waals surface area (Å²) in [6.07, 6.45) is -2.94. The maximum atomic E-state index is 13.0. The molecule has 28 heavy (non-hydrogen) atoms. The molecule has 1 saturated heterocycles. The Hall–Kier alpha value is -2.52. The fourth-order valence-corrected chi connectivity index (χ4v) is 3.89. The quantitative estimate of drug-likeness (QED) is 0.502. The van der Waals surface area contributed by atoms with E-state index >= 15 is 0 Å². The van der Waals surface area contributed by atoms with E-state index in [0.29, 0.717) is 17.1 Å². The first-order chi connectivity index (χ1) is 13.2. The van der Waals surface area contributed by atoms with Crippen LogP contribution in [0.1, 0.15) is 11.1 Å². The Morgan fingerprint density at radius 2 is 1.86 bits per heavy atom. The first kappa shape index (κ1) is 20.2. The van der Waals surface area contributed by atoms with Crippen molar-refractivity contribution in [2.24, 2.45) is 0 Å². The molecule has 2 aromatic carbocycles. The number of benzene rings is 2. The van der Waals surface area contributed by atoms with E-state index in [4.69, 9.17) is 21.7 Å². The van der Waals surface area contributed by atoms with Crippen molar-refractivity contribution in [3.63, 3.8) is 0 Å². The van der Waals surface area contributed by atoms with Crippen LogP contribution >= 0.6 is 24.0 Å². The molecule has 0 bridgehead atoms. The Balaban J connectivity index is 1.98. The lowest BCUT2D eigenvalue weighted by atomic mass is 10.1. The Morgan fingerprint density at radius 3 is 2.50 bits per heavy atom. The second-order valence-electron chi connectivity index (χ2n) is 5.67. The van der Waals surface area contributed by atoms with Crippen LogP contribution in [0.15, 0.2) is 47.4 Å². The molecule has 0 aliphatic carbocycles. The molecule has 1 amide bonds. The first-order valence-electron chi connectivity index (χ1n) is 7.92. The zero-order chi connectivity index (χ0) is 20.5. The second-order valence-corrected chi connectivity index (χ2v) is 7.35. The lowest BCUT2D eigenvalue weighted by Gasteiger charge is -2.16. The normalized spacial score (nSPS) is 16.0. The summed E-state index contributed by atoms with van der Waals surface area (Å²) in [5.41, 5.74) is -0.192. The van der Waals surface area contributed by atoms with Gasteiger partial charge in [-0.1, -0.05) is 30.0 Å². The van der Waals surface area contributed by atoms with Crippen LogP contribution in [0.3, 0.4) is 0 Å². The van der Waals surface area contributed by atoms with Crippen LogP contribution in [-0.4, -0.2) is 24.4 Å². The van der Waals surface area contributed by atoms with Crippen molar-refractivity contribution >= 4 is 46.0 Å². The number of halogens is 3. The van der Waals surface area contributed by atoms with Crippen molar-refractivity contribution < 1.29 is 27.4 Å². The molecule has 0 N–H and O–H groups in total. The fraction of sp³-hybridized carbons (Fsp3) is 0.158. The van der Waals surface area contributed by atoms with Gasteiger partial charge in [-0.25, -0.2) is 0 Å². The van der Waals surface area contributed by atoms with E-state index < -0.39 is 17.6 Å². The molecule has 0 atom stereocenters. The number of carbonyl (C=O) groups excluding carboxylic acids is 1. The van der Waals surface area contributed by atoms with Gasteiger partial charge in [-0.2, -0.15) is 13.2 Å². The van der Waals surface area contributed by atoms with E-state index in [2.05, 4.69) is 0 Å². The number of carbonyl (C=O) groups is 1. The van der Waals surface area contributed by atoms with E-state index in [1.807, 2.05) is 0 Å². The highest BCUT2D eigenvalue weighted by Crippen LogP contribution is 2.39. The number of methoxy groups -OCH3 is 2. The predicted molar refractivity (Wildman–Crippen MR) is 107 cm³/mol. The summed E-state index contributed by atoms with van der Waals surface area (Å²) in [5.74, 6) is 0.588. The molecular formula is C19H14F3NO3S2. The number of nitrogens with zero attached hydrogens (tertiary/aromatic N) is 1. The van der Waals surface area contributed by atoms with Crippen molar-refractivity contribution in [3.05, 3.63) is 58.5 Å². The van der Waals surface area contributed by atoms with E-state index in [-0.39, 0.29) is 14.9 Å². The van der Waals surface area contributed by atoms with Crippen molar-refractivity contribution in [2.75, 3.05) is 19.1 Å². The Kier molecular flexibility index (Phi) is 5.66. The molecule has 3 rings (SSSR count). The number of hydrogen-bond donors (Lipinski definition) is 0. The summed E-state index contributed by atoms with van der Waals surface area (Å²) in [6.45, 7) is 0. The third-order valence-electron chi connectivity index (χ3n) is 3.95. The van der Waals surface area contributed by atoms with E-state index in [0.717, 1.165) is 28.8 Å². The van der Waals surface area contributed by atoms with Gasteiger partial charge in [0.05, 0.1) is 30.4 Å². The highest BCUT2D eigenvalue weighted by molar-refractivity contribution is 8.27. The zero-order valence-corrected chi connectivity index (χ0v) is 16.4. The number of amides is 1. The topological polar surface area (TPSA) is 38.8 Å². The summed E-state index contributed by atoms with van der Waals surface area (Å²) >= 11 is 6.24. The van der Waals surface area contributed by atoms with Gasteiger partial charge in [0.2, 0.25) is 0 Å². The number of rotatable bonds is 4. The molecule has 1 aliphatic rings. The Morgan fingerprint density at radius 1 is 1.11 bits per heavy atom. The van der Waals surface area contributed by atoms with Gasteiger partial charge in [0, 0.05) is 5.56 Å². The summed E-state index contributed by atoms with van der Waals surface area (Å²) in [7, 11) is 3.01. The summed E-state index contributed by atoms with van der Waals surface area (Å²) in [6, 6.07) is 9.59. The van der Waals surface area contributed by atoms with Gasteiger partial charge >= 0.3 is 6.18 Å². The number of alkyl halides is 3. The van der Waals surface area contributed by atoms with E-state index in [1.54, 1.807) is 24.3 Å². The maximum absolute atomic E-state index is 13.0. The van der Waals surface area contributed by atoms with Crippen LogP contribution in [0.5, 0.6) is 11.5 Å². The van der Waals surface area contributed by atoms with E-state index in [9.17, 15) is 18.0 Å². The third-order valence-corrected chi connectivity index (χ3v) is 5.25. The van der Waals surface area contributed by atoms with Gasteiger partial charge in [0.1, 0.15) is 11.5 Å². The molecule has 1 aliphatic heterocycles. The van der Waals surface area contributed by atoms with Crippen LogP contribution in [0.25, 0.3) is 6.08 Å². The van der Waals surface area contributed by atoms with Gasteiger partial charge in [-0.05, 0) is 42.5 Å². The number of thioether (sulfide) groups is 1. The predicted octanol–water partition coefficient (Wildman–Crippen LogP) is 5.13. The number of ether oxygens (including phenoxy) is 2. The molecule has 0 radical (unpaired) electrons. The van der Waals surface area contributed by atoms with Gasteiger partial charge in [0.15, 0.2) is 4.32 Å². The maximum Gasteiger partial charge on any atom is 0.416 e. The lowest BCUT2D eigenvalue weighted by molar-refractivity contribution is -0.137. The summed E-state index contributed by atoms with van der Waals surface area (Å²) < 4.78 is 49.6. The molecule has 4 nitrogen and oxygen atoms in total. The fourth-order valence-electron chi connectivity index (χ4n) is 2.61. The second kappa shape index (κ2) is 7.84. The molecule has 0 spiro atoms. The van der Waals surface area contributed by atoms with Crippen LogP contribution in [-0.2, 0) is 11.0 Å². The third kappa shape index (κ3) is 4.00. The molecule has 2 aromatic rings. The smallest absolute Gasteiger partial charge is 0.416 e. The van der Waals surface area contributed by atoms with Crippen molar-refractivity contribution in [1.29, 1.82) is 0 Å². The van der Waals surface area contributed by atoms with Gasteiger partial charge in [0.25, 0.3) is 5.91 Å². The monoisotopic (exact) mass is 425 g/mol. The molecule has 9 heteroatoms. The summed E-state index contributed by atoms with van der Waals surface area (Å²) in [5, 5.41) is 0. The molecule has 1 heterocycles. The molecule has 0 unspecified atom stereocenters. The molecular weight excluding hydrogens is 411 g/mol. The van der Waals surface area contributed by atoms with E-state index in [1.165, 1.54) is 26.4 Å². The largest absolute Gasteiger partial charge is 0.497 e. The molecule has 1 fully saturated rings. The average Bonchev–Trinajstić information content (AvgIpc) is 2.94. The highest BCUT2D eigenvalue weighted by Gasteiger charge is 2.36.